The average molecular weight is 299 g/mol. The van der Waals surface area contributed by atoms with Crippen LogP contribution >= 0.6 is 23.2 Å². The summed E-state index contributed by atoms with van der Waals surface area (Å²) in [6.07, 6.45) is -0.332. The molecule has 0 aliphatic carbocycles. The third-order valence-electron chi connectivity index (χ3n) is 3.01. The van der Waals surface area contributed by atoms with Gasteiger partial charge in [0.05, 0.1) is 11.1 Å². The number of aryl methyl sites for hydroxylation is 1. The fourth-order valence-electron chi connectivity index (χ4n) is 1.97. The second-order valence-corrected chi connectivity index (χ2v) is 5.31. The molecular formula is C15H13Cl2FO. The molecule has 1 atom stereocenters. The number of benzene rings is 2. The van der Waals surface area contributed by atoms with Gasteiger partial charge in [-0.3, -0.25) is 0 Å². The Morgan fingerprint density at radius 1 is 1.16 bits per heavy atom. The van der Waals surface area contributed by atoms with Crippen LogP contribution in [0.5, 0.6) is 0 Å². The molecule has 4 heteroatoms. The van der Waals surface area contributed by atoms with E-state index in [0.717, 1.165) is 16.7 Å². The van der Waals surface area contributed by atoms with Crippen LogP contribution in [0, 0.1) is 12.7 Å². The van der Waals surface area contributed by atoms with Gasteiger partial charge in [-0.1, -0.05) is 35.3 Å². The van der Waals surface area contributed by atoms with E-state index in [1.165, 1.54) is 12.1 Å². The van der Waals surface area contributed by atoms with Crippen molar-refractivity contribution in [3.63, 3.8) is 0 Å². The molecule has 0 aliphatic rings. The van der Waals surface area contributed by atoms with E-state index in [0.29, 0.717) is 11.4 Å². The van der Waals surface area contributed by atoms with Crippen molar-refractivity contribution in [2.45, 2.75) is 19.4 Å². The van der Waals surface area contributed by atoms with E-state index in [4.69, 9.17) is 23.2 Å². The monoisotopic (exact) mass is 298 g/mol. The minimum Gasteiger partial charge on any atom is -0.388 e. The number of rotatable bonds is 3. The molecule has 0 aromatic heterocycles. The van der Waals surface area contributed by atoms with Crippen LogP contribution in [0.3, 0.4) is 0 Å². The molecule has 0 fully saturated rings. The predicted octanol–water partition coefficient (Wildman–Crippen LogP) is 4.72. The van der Waals surface area contributed by atoms with Crippen molar-refractivity contribution in [2.24, 2.45) is 0 Å². The lowest BCUT2D eigenvalue weighted by Gasteiger charge is -2.14. The second-order valence-electron chi connectivity index (χ2n) is 4.47. The van der Waals surface area contributed by atoms with Crippen LogP contribution in [0.2, 0.25) is 10.0 Å². The van der Waals surface area contributed by atoms with Crippen LogP contribution in [-0.2, 0) is 6.42 Å². The number of hydrogen-bond acceptors (Lipinski definition) is 1. The van der Waals surface area contributed by atoms with Crippen LogP contribution in [0.1, 0.15) is 22.8 Å². The van der Waals surface area contributed by atoms with Gasteiger partial charge in [-0.15, -0.1) is 0 Å². The fraction of sp³-hybridized carbons (Fsp3) is 0.200. The Balaban J connectivity index is 2.22. The molecule has 0 spiro atoms. The Labute approximate surface area is 121 Å². The van der Waals surface area contributed by atoms with E-state index in [2.05, 4.69) is 0 Å². The molecule has 0 aliphatic heterocycles. The van der Waals surface area contributed by atoms with E-state index >= 15 is 0 Å². The third kappa shape index (κ3) is 3.47. The molecule has 2 aromatic rings. The van der Waals surface area contributed by atoms with Crippen molar-refractivity contribution in [3.8, 4) is 0 Å². The molecule has 19 heavy (non-hydrogen) atoms. The molecule has 1 unspecified atom stereocenters. The maximum Gasteiger partial charge on any atom is 0.141 e. The van der Waals surface area contributed by atoms with Gasteiger partial charge in [-0.2, -0.15) is 0 Å². The largest absolute Gasteiger partial charge is 0.388 e. The van der Waals surface area contributed by atoms with Gasteiger partial charge in [0.2, 0.25) is 0 Å². The summed E-state index contributed by atoms with van der Waals surface area (Å²) in [4.78, 5) is 0. The average Bonchev–Trinajstić information content (AvgIpc) is 2.36. The van der Waals surface area contributed by atoms with Gasteiger partial charge in [-0.25, -0.2) is 4.39 Å². The van der Waals surface area contributed by atoms with Crippen molar-refractivity contribution in [2.75, 3.05) is 0 Å². The van der Waals surface area contributed by atoms with E-state index in [1.54, 1.807) is 18.2 Å². The number of aliphatic hydroxyl groups is 1. The molecule has 100 valence electrons. The molecular weight excluding hydrogens is 286 g/mol. The SMILES string of the molecule is Cc1ccc(Cl)cc1C(O)Cc1ccc(F)c(Cl)c1. The van der Waals surface area contributed by atoms with Crippen LogP contribution in [-0.4, -0.2) is 5.11 Å². The summed E-state index contributed by atoms with van der Waals surface area (Å²) in [7, 11) is 0. The molecule has 0 saturated carbocycles. The molecule has 0 radical (unpaired) electrons. The summed E-state index contributed by atoms with van der Waals surface area (Å²) in [5.74, 6) is -0.459. The summed E-state index contributed by atoms with van der Waals surface area (Å²) in [5.41, 5.74) is 2.51. The summed E-state index contributed by atoms with van der Waals surface area (Å²) in [5, 5.41) is 10.9. The fourth-order valence-corrected chi connectivity index (χ4v) is 2.35. The van der Waals surface area contributed by atoms with Gasteiger partial charge in [0.15, 0.2) is 0 Å². The maximum absolute atomic E-state index is 13.1. The first-order chi connectivity index (χ1) is 8.97. The molecule has 0 saturated heterocycles. The molecule has 2 aromatic carbocycles. The summed E-state index contributed by atoms with van der Waals surface area (Å²) >= 11 is 11.7. The molecule has 1 N–H and O–H groups in total. The van der Waals surface area contributed by atoms with Gasteiger partial charge in [0.1, 0.15) is 5.82 Å². The van der Waals surface area contributed by atoms with Crippen LogP contribution in [0.15, 0.2) is 36.4 Å². The van der Waals surface area contributed by atoms with Crippen LogP contribution in [0.4, 0.5) is 4.39 Å². The summed E-state index contributed by atoms with van der Waals surface area (Å²) in [6, 6.07) is 9.83. The number of hydrogen-bond donors (Lipinski definition) is 1. The van der Waals surface area contributed by atoms with Crippen molar-refractivity contribution >= 4 is 23.2 Å². The third-order valence-corrected chi connectivity index (χ3v) is 3.54. The van der Waals surface area contributed by atoms with Gasteiger partial charge in [0.25, 0.3) is 0 Å². The molecule has 0 amide bonds. The van der Waals surface area contributed by atoms with Crippen LogP contribution < -0.4 is 0 Å². The standard InChI is InChI=1S/C15H13Cl2FO/c1-9-2-4-11(16)8-12(9)15(19)7-10-3-5-14(18)13(17)6-10/h2-6,8,15,19H,7H2,1H3. The van der Waals surface area contributed by atoms with Crippen molar-refractivity contribution in [3.05, 3.63) is 69.0 Å². The highest BCUT2D eigenvalue weighted by molar-refractivity contribution is 6.31. The summed E-state index contributed by atoms with van der Waals surface area (Å²) in [6.45, 7) is 1.91. The highest BCUT2D eigenvalue weighted by atomic mass is 35.5. The van der Waals surface area contributed by atoms with Crippen molar-refractivity contribution in [1.82, 2.24) is 0 Å². The zero-order valence-electron chi connectivity index (χ0n) is 10.3. The molecule has 1 nitrogen and oxygen atoms in total. The first kappa shape index (κ1) is 14.3. The number of halogens is 3. The summed E-state index contributed by atoms with van der Waals surface area (Å²) < 4.78 is 13.1. The Hall–Kier alpha value is -1.09. The normalized spacial score (nSPS) is 12.5. The van der Waals surface area contributed by atoms with E-state index < -0.39 is 11.9 Å². The van der Waals surface area contributed by atoms with E-state index in [-0.39, 0.29) is 5.02 Å². The molecule has 0 bridgehead atoms. The second kappa shape index (κ2) is 5.91. The Morgan fingerprint density at radius 3 is 2.58 bits per heavy atom. The molecule has 0 heterocycles. The van der Waals surface area contributed by atoms with E-state index in [9.17, 15) is 9.50 Å². The predicted molar refractivity (Wildman–Crippen MR) is 76.3 cm³/mol. The maximum atomic E-state index is 13.1. The smallest absolute Gasteiger partial charge is 0.141 e. The lowest BCUT2D eigenvalue weighted by molar-refractivity contribution is 0.177. The van der Waals surface area contributed by atoms with E-state index in [1.807, 2.05) is 13.0 Å². The first-order valence-electron chi connectivity index (χ1n) is 5.85. The first-order valence-corrected chi connectivity index (χ1v) is 6.61. The van der Waals surface area contributed by atoms with Gasteiger partial charge >= 0.3 is 0 Å². The van der Waals surface area contributed by atoms with Gasteiger partial charge in [-0.05, 0) is 47.9 Å². The minimum absolute atomic E-state index is 0.0625. The van der Waals surface area contributed by atoms with Gasteiger partial charge in [0, 0.05) is 11.4 Å². The number of aliphatic hydroxyl groups excluding tert-OH is 1. The van der Waals surface area contributed by atoms with Crippen LogP contribution in [0.25, 0.3) is 0 Å². The van der Waals surface area contributed by atoms with Gasteiger partial charge < -0.3 is 5.11 Å². The van der Waals surface area contributed by atoms with Crippen molar-refractivity contribution in [1.29, 1.82) is 0 Å². The lowest BCUT2D eigenvalue weighted by atomic mass is 9.98. The Bertz CT molecular complexity index is 599. The Kier molecular flexibility index (Phi) is 4.46. The zero-order valence-corrected chi connectivity index (χ0v) is 11.8. The minimum atomic E-state index is -0.694. The molecule has 2 rings (SSSR count). The lowest BCUT2D eigenvalue weighted by Crippen LogP contribution is -2.04. The quantitative estimate of drug-likeness (QED) is 0.869. The Morgan fingerprint density at radius 2 is 1.89 bits per heavy atom. The highest BCUT2D eigenvalue weighted by Gasteiger charge is 2.13. The topological polar surface area (TPSA) is 20.2 Å². The highest BCUT2D eigenvalue weighted by Crippen LogP contribution is 2.26. The zero-order chi connectivity index (χ0) is 14.0. The van der Waals surface area contributed by atoms with Crippen molar-refractivity contribution < 1.29 is 9.50 Å².